The highest BCUT2D eigenvalue weighted by Crippen LogP contribution is 2.15. The summed E-state index contributed by atoms with van der Waals surface area (Å²) in [6.45, 7) is 1.97. The van der Waals surface area contributed by atoms with Crippen LogP contribution >= 0.6 is 0 Å². The SMILES string of the molecule is CC(N)c1cccn2nccc12. The van der Waals surface area contributed by atoms with Gasteiger partial charge in [0, 0.05) is 18.4 Å². The first-order valence-electron chi connectivity index (χ1n) is 3.97. The normalized spacial score (nSPS) is 13.5. The van der Waals surface area contributed by atoms with Gasteiger partial charge in [0.1, 0.15) is 0 Å². The van der Waals surface area contributed by atoms with Crippen molar-refractivity contribution in [2.75, 3.05) is 0 Å². The van der Waals surface area contributed by atoms with Crippen LogP contribution in [0.4, 0.5) is 0 Å². The molecule has 0 aromatic carbocycles. The molecule has 0 radical (unpaired) electrons. The molecule has 0 saturated carbocycles. The molecule has 0 aliphatic carbocycles. The third-order valence-electron chi connectivity index (χ3n) is 1.96. The lowest BCUT2D eigenvalue weighted by atomic mass is 10.1. The summed E-state index contributed by atoms with van der Waals surface area (Å²) in [6.07, 6.45) is 3.70. The van der Waals surface area contributed by atoms with Gasteiger partial charge in [-0.25, -0.2) is 4.52 Å². The third kappa shape index (κ3) is 0.987. The molecule has 0 saturated heterocycles. The van der Waals surface area contributed by atoms with Gasteiger partial charge in [0.2, 0.25) is 0 Å². The Morgan fingerprint density at radius 3 is 3.08 bits per heavy atom. The van der Waals surface area contributed by atoms with Crippen molar-refractivity contribution in [1.29, 1.82) is 0 Å². The summed E-state index contributed by atoms with van der Waals surface area (Å²) >= 11 is 0. The van der Waals surface area contributed by atoms with Crippen LogP contribution < -0.4 is 5.73 Å². The van der Waals surface area contributed by atoms with E-state index in [1.165, 1.54) is 0 Å². The Morgan fingerprint density at radius 1 is 1.50 bits per heavy atom. The molecule has 3 nitrogen and oxygen atoms in total. The number of hydrogen-bond acceptors (Lipinski definition) is 2. The number of nitrogens with two attached hydrogens (primary N) is 1. The Kier molecular flexibility index (Phi) is 1.59. The maximum Gasteiger partial charge on any atom is 0.0709 e. The van der Waals surface area contributed by atoms with E-state index in [2.05, 4.69) is 5.10 Å². The van der Waals surface area contributed by atoms with E-state index in [4.69, 9.17) is 5.73 Å². The van der Waals surface area contributed by atoms with Crippen LogP contribution in [0.3, 0.4) is 0 Å². The quantitative estimate of drug-likeness (QED) is 0.686. The second kappa shape index (κ2) is 2.60. The summed E-state index contributed by atoms with van der Waals surface area (Å²) in [7, 11) is 0. The number of pyridine rings is 1. The van der Waals surface area contributed by atoms with E-state index in [0.29, 0.717) is 0 Å². The van der Waals surface area contributed by atoms with Gasteiger partial charge in [-0.3, -0.25) is 0 Å². The molecular weight excluding hydrogens is 150 g/mol. The van der Waals surface area contributed by atoms with Crippen LogP contribution in [0.5, 0.6) is 0 Å². The van der Waals surface area contributed by atoms with E-state index in [9.17, 15) is 0 Å². The molecule has 1 unspecified atom stereocenters. The Morgan fingerprint density at radius 2 is 2.33 bits per heavy atom. The fourth-order valence-corrected chi connectivity index (χ4v) is 1.36. The molecule has 2 aromatic heterocycles. The van der Waals surface area contributed by atoms with Gasteiger partial charge in [-0.2, -0.15) is 5.10 Å². The zero-order chi connectivity index (χ0) is 8.55. The van der Waals surface area contributed by atoms with Crippen LogP contribution in [0.15, 0.2) is 30.6 Å². The molecule has 12 heavy (non-hydrogen) atoms. The van der Waals surface area contributed by atoms with Gasteiger partial charge in [-0.05, 0) is 24.6 Å². The van der Waals surface area contributed by atoms with E-state index in [1.807, 2.05) is 35.8 Å². The Balaban J connectivity index is 2.73. The fraction of sp³-hybridized carbons (Fsp3) is 0.222. The first-order valence-corrected chi connectivity index (χ1v) is 3.97. The van der Waals surface area contributed by atoms with E-state index in [1.54, 1.807) is 6.20 Å². The van der Waals surface area contributed by atoms with Gasteiger partial charge >= 0.3 is 0 Å². The number of nitrogens with zero attached hydrogens (tertiary/aromatic N) is 2. The van der Waals surface area contributed by atoms with Crippen molar-refractivity contribution in [2.45, 2.75) is 13.0 Å². The second-order valence-electron chi connectivity index (χ2n) is 2.91. The Labute approximate surface area is 70.8 Å². The fourth-order valence-electron chi connectivity index (χ4n) is 1.36. The predicted molar refractivity (Wildman–Crippen MR) is 47.8 cm³/mol. The van der Waals surface area contributed by atoms with E-state index in [-0.39, 0.29) is 6.04 Å². The highest BCUT2D eigenvalue weighted by Gasteiger charge is 2.04. The first kappa shape index (κ1) is 7.31. The molecule has 0 bridgehead atoms. The number of aromatic nitrogens is 2. The third-order valence-corrected chi connectivity index (χ3v) is 1.96. The summed E-state index contributed by atoms with van der Waals surface area (Å²) in [5.41, 5.74) is 8.02. The van der Waals surface area contributed by atoms with Crippen molar-refractivity contribution in [3.8, 4) is 0 Å². The van der Waals surface area contributed by atoms with Gasteiger partial charge in [-0.1, -0.05) is 6.07 Å². The molecule has 1 atom stereocenters. The van der Waals surface area contributed by atoms with Crippen molar-refractivity contribution in [1.82, 2.24) is 9.61 Å². The molecule has 0 spiro atoms. The number of fused-ring (bicyclic) bond motifs is 1. The number of rotatable bonds is 1. The summed E-state index contributed by atoms with van der Waals surface area (Å²) in [5, 5.41) is 4.12. The number of hydrogen-bond donors (Lipinski definition) is 1. The molecule has 0 amide bonds. The zero-order valence-corrected chi connectivity index (χ0v) is 6.94. The molecule has 62 valence electrons. The topological polar surface area (TPSA) is 43.3 Å². The highest BCUT2D eigenvalue weighted by atomic mass is 15.2. The molecule has 2 heterocycles. The smallest absolute Gasteiger partial charge is 0.0709 e. The molecule has 0 aliphatic heterocycles. The lowest BCUT2D eigenvalue weighted by Gasteiger charge is -2.06. The molecule has 2 rings (SSSR count). The van der Waals surface area contributed by atoms with Crippen LogP contribution in [0.1, 0.15) is 18.5 Å². The molecule has 2 aromatic rings. The standard InChI is InChI=1S/C9H11N3/c1-7(10)8-3-2-6-12-9(8)4-5-11-12/h2-7H,10H2,1H3. The summed E-state index contributed by atoms with van der Waals surface area (Å²) < 4.78 is 1.83. The highest BCUT2D eigenvalue weighted by molar-refractivity contribution is 5.54. The van der Waals surface area contributed by atoms with Crippen LogP contribution in [0.2, 0.25) is 0 Å². The summed E-state index contributed by atoms with van der Waals surface area (Å²) in [5.74, 6) is 0. The Bertz CT molecular complexity index is 389. The predicted octanol–water partition coefficient (Wildman–Crippen LogP) is 1.35. The minimum Gasteiger partial charge on any atom is -0.324 e. The largest absolute Gasteiger partial charge is 0.324 e. The molecule has 0 aliphatic rings. The van der Waals surface area contributed by atoms with E-state index >= 15 is 0 Å². The molecular formula is C9H11N3. The zero-order valence-electron chi connectivity index (χ0n) is 6.94. The van der Waals surface area contributed by atoms with Crippen molar-refractivity contribution in [3.63, 3.8) is 0 Å². The van der Waals surface area contributed by atoms with Gasteiger partial charge in [0.15, 0.2) is 0 Å². The summed E-state index contributed by atoms with van der Waals surface area (Å²) in [6, 6.07) is 6.02. The Hall–Kier alpha value is -1.35. The van der Waals surface area contributed by atoms with Crippen LogP contribution in [-0.4, -0.2) is 9.61 Å². The van der Waals surface area contributed by atoms with E-state index in [0.717, 1.165) is 11.1 Å². The van der Waals surface area contributed by atoms with Crippen LogP contribution in [0.25, 0.3) is 5.52 Å². The van der Waals surface area contributed by atoms with E-state index < -0.39 is 0 Å². The minimum atomic E-state index is 0.0606. The van der Waals surface area contributed by atoms with Gasteiger partial charge in [0.25, 0.3) is 0 Å². The van der Waals surface area contributed by atoms with Crippen LogP contribution in [0, 0.1) is 0 Å². The average molecular weight is 161 g/mol. The maximum absolute atomic E-state index is 5.80. The van der Waals surface area contributed by atoms with Gasteiger partial charge < -0.3 is 5.73 Å². The molecule has 2 N–H and O–H groups in total. The average Bonchev–Trinajstić information content (AvgIpc) is 2.49. The molecule has 0 fully saturated rings. The van der Waals surface area contributed by atoms with Crippen molar-refractivity contribution >= 4 is 5.52 Å². The summed E-state index contributed by atoms with van der Waals surface area (Å²) in [4.78, 5) is 0. The lowest BCUT2D eigenvalue weighted by molar-refractivity contribution is 0.812. The lowest BCUT2D eigenvalue weighted by Crippen LogP contribution is -2.06. The van der Waals surface area contributed by atoms with Gasteiger partial charge in [0.05, 0.1) is 5.52 Å². The second-order valence-corrected chi connectivity index (χ2v) is 2.91. The minimum absolute atomic E-state index is 0.0606. The first-order chi connectivity index (χ1) is 5.79. The van der Waals surface area contributed by atoms with Crippen molar-refractivity contribution < 1.29 is 0 Å². The maximum atomic E-state index is 5.80. The monoisotopic (exact) mass is 161 g/mol. The van der Waals surface area contributed by atoms with Crippen molar-refractivity contribution in [2.24, 2.45) is 5.73 Å². The van der Waals surface area contributed by atoms with Gasteiger partial charge in [-0.15, -0.1) is 0 Å². The van der Waals surface area contributed by atoms with Crippen molar-refractivity contribution in [3.05, 3.63) is 36.2 Å². The van der Waals surface area contributed by atoms with Crippen LogP contribution in [-0.2, 0) is 0 Å². The molecule has 3 heteroatoms.